The van der Waals surface area contributed by atoms with E-state index in [0.29, 0.717) is 5.69 Å². The van der Waals surface area contributed by atoms with Gasteiger partial charge in [0.25, 0.3) is 0 Å². The summed E-state index contributed by atoms with van der Waals surface area (Å²) >= 11 is 0. The second kappa shape index (κ2) is 4.04. The smallest absolute Gasteiger partial charge is 0.308 e. The van der Waals surface area contributed by atoms with Crippen molar-refractivity contribution in [2.75, 3.05) is 7.11 Å². The average molecular weight is 184 g/mol. The zero-order chi connectivity index (χ0) is 9.84. The molecule has 0 unspecified atom stereocenters. The number of aliphatic hydroxyl groups excluding tert-OH is 1. The fourth-order valence-corrected chi connectivity index (χ4v) is 0.951. The minimum Gasteiger partial charge on any atom is -0.469 e. The van der Waals surface area contributed by atoms with Crippen molar-refractivity contribution >= 4 is 5.97 Å². The van der Waals surface area contributed by atoms with Gasteiger partial charge < -0.3 is 14.4 Å². The summed E-state index contributed by atoms with van der Waals surface area (Å²) in [7, 11) is 3.08. The summed E-state index contributed by atoms with van der Waals surface area (Å²) in [5.74, 6) is -0.446. The number of imidazole rings is 1. The van der Waals surface area contributed by atoms with E-state index in [1.807, 2.05) is 0 Å². The molecule has 1 rings (SSSR count). The Morgan fingerprint density at radius 3 is 3.00 bits per heavy atom. The van der Waals surface area contributed by atoms with Gasteiger partial charge in [0.1, 0.15) is 6.10 Å². The largest absolute Gasteiger partial charge is 0.469 e. The van der Waals surface area contributed by atoms with E-state index in [9.17, 15) is 9.90 Å². The van der Waals surface area contributed by atoms with Gasteiger partial charge in [0.05, 0.1) is 25.6 Å². The van der Waals surface area contributed by atoms with Crippen LogP contribution < -0.4 is 0 Å². The molecule has 1 heterocycles. The Hall–Kier alpha value is -1.36. The zero-order valence-electron chi connectivity index (χ0n) is 7.60. The number of methoxy groups -OCH3 is 1. The van der Waals surface area contributed by atoms with Crippen molar-refractivity contribution in [1.29, 1.82) is 0 Å². The van der Waals surface area contributed by atoms with Crippen molar-refractivity contribution < 1.29 is 14.6 Å². The molecule has 13 heavy (non-hydrogen) atoms. The van der Waals surface area contributed by atoms with E-state index >= 15 is 0 Å². The molecule has 0 spiro atoms. The van der Waals surface area contributed by atoms with Crippen molar-refractivity contribution in [3.8, 4) is 0 Å². The maximum Gasteiger partial charge on any atom is 0.308 e. The maximum absolute atomic E-state index is 10.8. The number of hydrogen-bond acceptors (Lipinski definition) is 4. The lowest BCUT2D eigenvalue weighted by atomic mass is 10.2. The molecule has 0 amide bonds. The van der Waals surface area contributed by atoms with Crippen LogP contribution in [0.4, 0.5) is 0 Å². The number of esters is 1. The number of hydrogen-bond donors (Lipinski definition) is 1. The summed E-state index contributed by atoms with van der Waals surface area (Å²) in [5.41, 5.74) is 0.480. The number of carbonyl (C=O) groups is 1. The highest BCUT2D eigenvalue weighted by Crippen LogP contribution is 2.13. The Morgan fingerprint density at radius 1 is 1.85 bits per heavy atom. The number of rotatable bonds is 3. The van der Waals surface area contributed by atoms with E-state index in [-0.39, 0.29) is 6.42 Å². The first-order valence-electron chi connectivity index (χ1n) is 3.86. The molecule has 1 N–H and O–H groups in total. The fourth-order valence-electron chi connectivity index (χ4n) is 0.951. The molecule has 1 atom stereocenters. The van der Waals surface area contributed by atoms with Gasteiger partial charge in [-0.1, -0.05) is 0 Å². The second-order valence-corrected chi connectivity index (χ2v) is 2.76. The van der Waals surface area contributed by atoms with Crippen LogP contribution in [0.3, 0.4) is 0 Å². The Bertz CT molecular complexity index is 295. The molecule has 0 radical (unpaired) electrons. The standard InChI is InChI=1S/C8H12N2O3/c1-10-4-6(9-5-10)7(11)3-8(12)13-2/h4-5,7,11H,3H2,1-2H3/t7-/m1/s1. The fraction of sp³-hybridized carbons (Fsp3) is 0.500. The SMILES string of the molecule is COC(=O)C[C@@H](O)c1cn(C)cn1. The number of aromatic nitrogens is 2. The zero-order valence-corrected chi connectivity index (χ0v) is 7.60. The van der Waals surface area contributed by atoms with Crippen molar-refractivity contribution in [2.24, 2.45) is 7.05 Å². The van der Waals surface area contributed by atoms with Gasteiger partial charge in [-0.2, -0.15) is 0 Å². The molecule has 0 aromatic carbocycles. The van der Waals surface area contributed by atoms with E-state index in [0.717, 1.165) is 0 Å². The summed E-state index contributed by atoms with van der Waals surface area (Å²) in [6.07, 6.45) is 2.28. The first kappa shape index (κ1) is 9.73. The minimum atomic E-state index is -0.881. The molecule has 1 aromatic heterocycles. The topological polar surface area (TPSA) is 64.3 Å². The van der Waals surface area contributed by atoms with Gasteiger partial charge >= 0.3 is 5.97 Å². The predicted molar refractivity (Wildman–Crippen MR) is 44.8 cm³/mol. The van der Waals surface area contributed by atoms with Gasteiger partial charge in [-0.15, -0.1) is 0 Å². The van der Waals surface area contributed by atoms with Gasteiger partial charge in [-0.25, -0.2) is 4.98 Å². The first-order chi connectivity index (χ1) is 6.13. The highest BCUT2D eigenvalue weighted by Gasteiger charge is 2.14. The van der Waals surface area contributed by atoms with E-state index < -0.39 is 12.1 Å². The van der Waals surface area contributed by atoms with Crippen LogP contribution in [0.1, 0.15) is 18.2 Å². The number of carbonyl (C=O) groups excluding carboxylic acids is 1. The van der Waals surface area contributed by atoms with Gasteiger partial charge in [-0.05, 0) is 0 Å². The molecular formula is C8H12N2O3. The highest BCUT2D eigenvalue weighted by atomic mass is 16.5. The molecule has 0 saturated carbocycles. The number of ether oxygens (including phenoxy) is 1. The average Bonchev–Trinajstić information content (AvgIpc) is 2.51. The molecule has 0 saturated heterocycles. The minimum absolute atomic E-state index is 0.0620. The number of aryl methyl sites for hydroxylation is 1. The lowest BCUT2D eigenvalue weighted by Crippen LogP contribution is -2.08. The Kier molecular flexibility index (Phi) is 3.02. The molecule has 0 aliphatic carbocycles. The summed E-state index contributed by atoms with van der Waals surface area (Å²) in [6, 6.07) is 0. The summed E-state index contributed by atoms with van der Waals surface area (Å²) in [6.45, 7) is 0. The summed E-state index contributed by atoms with van der Waals surface area (Å²) < 4.78 is 6.12. The quantitative estimate of drug-likeness (QED) is 0.672. The van der Waals surface area contributed by atoms with Gasteiger partial charge in [0.2, 0.25) is 0 Å². The Balaban J connectivity index is 2.58. The molecule has 0 aliphatic rings. The van der Waals surface area contributed by atoms with Crippen LogP contribution in [0.15, 0.2) is 12.5 Å². The third-order valence-corrected chi connectivity index (χ3v) is 1.65. The first-order valence-corrected chi connectivity index (χ1v) is 3.86. The molecule has 0 fully saturated rings. The van der Waals surface area contributed by atoms with Crippen LogP contribution in [0.2, 0.25) is 0 Å². The number of nitrogens with zero attached hydrogens (tertiary/aromatic N) is 2. The molecule has 1 aromatic rings. The molecule has 0 aliphatic heterocycles. The lowest BCUT2D eigenvalue weighted by Gasteiger charge is -2.04. The molecule has 5 heteroatoms. The van der Waals surface area contributed by atoms with Crippen molar-refractivity contribution in [1.82, 2.24) is 9.55 Å². The Morgan fingerprint density at radius 2 is 2.54 bits per heavy atom. The van der Waals surface area contributed by atoms with E-state index in [4.69, 9.17) is 0 Å². The van der Waals surface area contributed by atoms with Gasteiger partial charge in [0, 0.05) is 13.2 Å². The lowest BCUT2D eigenvalue weighted by molar-refractivity contribution is -0.142. The van der Waals surface area contributed by atoms with Crippen LogP contribution in [-0.2, 0) is 16.6 Å². The third-order valence-electron chi connectivity index (χ3n) is 1.65. The summed E-state index contributed by atoms with van der Waals surface area (Å²) in [4.78, 5) is 14.7. The number of aliphatic hydroxyl groups is 1. The monoisotopic (exact) mass is 184 g/mol. The highest BCUT2D eigenvalue weighted by molar-refractivity contribution is 5.69. The molecular weight excluding hydrogens is 172 g/mol. The van der Waals surface area contributed by atoms with E-state index in [1.54, 1.807) is 24.1 Å². The van der Waals surface area contributed by atoms with Crippen LogP contribution in [0.5, 0.6) is 0 Å². The van der Waals surface area contributed by atoms with Crippen LogP contribution in [0.25, 0.3) is 0 Å². The molecule has 72 valence electrons. The second-order valence-electron chi connectivity index (χ2n) is 2.76. The normalized spacial score (nSPS) is 12.5. The van der Waals surface area contributed by atoms with Crippen LogP contribution >= 0.6 is 0 Å². The molecule has 0 bridgehead atoms. The van der Waals surface area contributed by atoms with Crippen LogP contribution in [-0.4, -0.2) is 27.7 Å². The van der Waals surface area contributed by atoms with E-state index in [1.165, 1.54) is 7.11 Å². The maximum atomic E-state index is 10.8. The van der Waals surface area contributed by atoms with Crippen molar-refractivity contribution in [2.45, 2.75) is 12.5 Å². The van der Waals surface area contributed by atoms with Gasteiger partial charge in [-0.3, -0.25) is 4.79 Å². The van der Waals surface area contributed by atoms with Crippen molar-refractivity contribution in [3.63, 3.8) is 0 Å². The molecule has 5 nitrogen and oxygen atoms in total. The van der Waals surface area contributed by atoms with Gasteiger partial charge in [0.15, 0.2) is 0 Å². The Labute approximate surface area is 76.0 Å². The van der Waals surface area contributed by atoms with Crippen LogP contribution in [0, 0.1) is 0 Å². The summed E-state index contributed by atoms with van der Waals surface area (Å²) in [5, 5.41) is 9.46. The van der Waals surface area contributed by atoms with Crippen molar-refractivity contribution in [3.05, 3.63) is 18.2 Å². The van der Waals surface area contributed by atoms with E-state index in [2.05, 4.69) is 9.72 Å². The third kappa shape index (κ3) is 2.55. The predicted octanol–water partition coefficient (Wildman–Crippen LogP) is 0.0166.